The summed E-state index contributed by atoms with van der Waals surface area (Å²) in [6, 6.07) is 10.6. The Balaban J connectivity index is 1.42. The molecule has 0 aliphatic heterocycles. The molecule has 6 rings (SSSR count). The van der Waals surface area contributed by atoms with Crippen LogP contribution in [0.5, 0.6) is 0 Å². The van der Waals surface area contributed by atoms with Gasteiger partial charge in [0.25, 0.3) is 0 Å². The molecule has 2 aliphatic carbocycles. The van der Waals surface area contributed by atoms with Gasteiger partial charge in [-0.2, -0.15) is 0 Å². The maximum absolute atomic E-state index is 13.8. The highest BCUT2D eigenvalue weighted by Gasteiger charge is 2.39. The largest absolute Gasteiger partial charge is 0.361 e. The van der Waals surface area contributed by atoms with E-state index in [0.717, 1.165) is 57.6 Å². The maximum Gasteiger partial charge on any atom is 0.248 e. The number of pyridine rings is 1. The van der Waals surface area contributed by atoms with Gasteiger partial charge in [-0.25, -0.2) is 8.78 Å². The normalized spacial score (nSPS) is 19.3. The minimum Gasteiger partial charge on any atom is -0.361 e. The fraction of sp³-hybridized carbons (Fsp3) is 0.429. The fourth-order valence-electron chi connectivity index (χ4n) is 5.53. The summed E-state index contributed by atoms with van der Waals surface area (Å²) in [4.78, 5) is 4.88. The van der Waals surface area contributed by atoms with E-state index in [0.29, 0.717) is 19.4 Å². The van der Waals surface area contributed by atoms with Crippen LogP contribution in [0.25, 0.3) is 33.3 Å². The van der Waals surface area contributed by atoms with Gasteiger partial charge >= 0.3 is 0 Å². The van der Waals surface area contributed by atoms with Gasteiger partial charge in [0.2, 0.25) is 5.92 Å². The summed E-state index contributed by atoms with van der Waals surface area (Å²) in [5.74, 6) is -1.56. The van der Waals surface area contributed by atoms with Crippen molar-refractivity contribution in [2.24, 2.45) is 11.7 Å². The van der Waals surface area contributed by atoms with Crippen LogP contribution in [0.2, 0.25) is 0 Å². The van der Waals surface area contributed by atoms with Crippen molar-refractivity contribution in [2.75, 3.05) is 0 Å². The third-order valence-electron chi connectivity index (χ3n) is 7.89. The molecule has 0 unspecified atom stereocenters. The van der Waals surface area contributed by atoms with Crippen LogP contribution in [0.4, 0.5) is 8.78 Å². The van der Waals surface area contributed by atoms with Crippen LogP contribution >= 0.6 is 0 Å². The van der Waals surface area contributed by atoms with Crippen LogP contribution in [0.15, 0.2) is 47.2 Å². The SMILES string of the molecule is Cc1noc(C)c1-c1cnc2c(-c3ccc(C4(N)CC4)cc3)cn(CC3CCC(F)(F)CC3)c2c1. The molecule has 4 aromatic rings. The number of hydrogen-bond acceptors (Lipinski definition) is 4. The summed E-state index contributed by atoms with van der Waals surface area (Å²) in [5.41, 5.74) is 14.1. The van der Waals surface area contributed by atoms with Gasteiger partial charge in [-0.05, 0) is 62.6 Å². The Bertz CT molecular complexity index is 1370. The van der Waals surface area contributed by atoms with E-state index < -0.39 is 5.92 Å². The lowest BCUT2D eigenvalue weighted by atomic mass is 9.87. The molecule has 7 heteroatoms. The number of nitrogens with two attached hydrogens (primary N) is 1. The predicted molar refractivity (Wildman–Crippen MR) is 132 cm³/mol. The minimum absolute atomic E-state index is 0.0331. The van der Waals surface area contributed by atoms with Gasteiger partial charge in [-0.1, -0.05) is 29.4 Å². The van der Waals surface area contributed by atoms with Crippen molar-refractivity contribution in [3.05, 3.63) is 59.7 Å². The Morgan fingerprint density at radius 1 is 1.06 bits per heavy atom. The van der Waals surface area contributed by atoms with E-state index >= 15 is 0 Å². The summed E-state index contributed by atoms with van der Waals surface area (Å²) in [6.07, 6.45) is 7.06. The van der Waals surface area contributed by atoms with E-state index in [4.69, 9.17) is 15.2 Å². The highest BCUT2D eigenvalue weighted by Crippen LogP contribution is 2.44. The summed E-state index contributed by atoms with van der Waals surface area (Å²) < 4.78 is 35.1. The van der Waals surface area contributed by atoms with Gasteiger partial charge in [-0.15, -0.1) is 0 Å². The standard InChI is InChI=1S/C28H30F2N4O/c1-17-25(18(2)35-33-17)21-13-24-26(32-14-21)23(20-3-5-22(6-4-20)27(31)11-12-27)16-34(24)15-19-7-9-28(29,30)10-8-19/h3-6,13-14,16,19H,7-12,15,31H2,1-2H3. The molecule has 0 spiro atoms. The second-order valence-corrected chi connectivity index (χ2v) is 10.5. The number of aryl methyl sites for hydroxylation is 2. The summed E-state index contributed by atoms with van der Waals surface area (Å²) >= 11 is 0. The molecule has 2 aliphatic rings. The molecule has 2 N–H and O–H groups in total. The van der Waals surface area contributed by atoms with E-state index in [1.54, 1.807) is 0 Å². The molecule has 2 saturated carbocycles. The number of fused-ring (bicyclic) bond motifs is 1. The number of rotatable bonds is 5. The van der Waals surface area contributed by atoms with Gasteiger partial charge in [0.15, 0.2) is 0 Å². The number of halogens is 2. The molecular weight excluding hydrogens is 446 g/mol. The van der Waals surface area contributed by atoms with E-state index in [9.17, 15) is 8.78 Å². The average Bonchev–Trinajstić information content (AvgIpc) is 3.37. The van der Waals surface area contributed by atoms with Crippen molar-refractivity contribution in [3.63, 3.8) is 0 Å². The van der Waals surface area contributed by atoms with Crippen molar-refractivity contribution >= 4 is 11.0 Å². The molecule has 0 radical (unpaired) electrons. The van der Waals surface area contributed by atoms with Crippen molar-refractivity contribution in [2.45, 2.75) is 70.4 Å². The topological polar surface area (TPSA) is 69.9 Å². The van der Waals surface area contributed by atoms with Gasteiger partial charge in [0, 0.05) is 54.0 Å². The monoisotopic (exact) mass is 476 g/mol. The van der Waals surface area contributed by atoms with Crippen LogP contribution in [0, 0.1) is 19.8 Å². The Morgan fingerprint density at radius 3 is 2.40 bits per heavy atom. The Morgan fingerprint density at radius 2 is 1.77 bits per heavy atom. The van der Waals surface area contributed by atoms with Crippen molar-refractivity contribution in [1.82, 2.24) is 14.7 Å². The Hall–Kier alpha value is -3.06. The van der Waals surface area contributed by atoms with Gasteiger partial charge in [-0.3, -0.25) is 4.98 Å². The highest BCUT2D eigenvalue weighted by atomic mass is 19.3. The summed E-state index contributed by atoms with van der Waals surface area (Å²) in [5, 5.41) is 4.10. The zero-order chi connectivity index (χ0) is 24.4. The molecule has 2 fully saturated rings. The maximum atomic E-state index is 13.8. The lowest BCUT2D eigenvalue weighted by Gasteiger charge is -2.28. The van der Waals surface area contributed by atoms with Crippen molar-refractivity contribution < 1.29 is 13.3 Å². The second-order valence-electron chi connectivity index (χ2n) is 10.5. The van der Waals surface area contributed by atoms with Crippen LogP contribution in [-0.4, -0.2) is 20.6 Å². The first kappa shape index (κ1) is 22.4. The van der Waals surface area contributed by atoms with E-state index in [2.05, 4.69) is 46.3 Å². The third-order valence-corrected chi connectivity index (χ3v) is 7.89. The van der Waals surface area contributed by atoms with Gasteiger partial charge in [0.05, 0.1) is 16.7 Å². The highest BCUT2D eigenvalue weighted by molar-refractivity contribution is 5.95. The molecule has 35 heavy (non-hydrogen) atoms. The number of alkyl halides is 2. The van der Waals surface area contributed by atoms with Crippen molar-refractivity contribution in [3.8, 4) is 22.3 Å². The molecule has 0 bridgehead atoms. The lowest BCUT2D eigenvalue weighted by molar-refractivity contribution is -0.0472. The quantitative estimate of drug-likeness (QED) is 0.346. The molecule has 182 valence electrons. The second kappa shape index (κ2) is 7.98. The van der Waals surface area contributed by atoms with Crippen LogP contribution < -0.4 is 5.73 Å². The minimum atomic E-state index is -2.53. The average molecular weight is 477 g/mol. The van der Waals surface area contributed by atoms with Crippen LogP contribution in [0.1, 0.15) is 55.5 Å². The molecule has 5 nitrogen and oxygen atoms in total. The number of aromatic nitrogens is 3. The molecule has 3 aromatic heterocycles. The van der Waals surface area contributed by atoms with E-state index in [1.165, 1.54) is 5.56 Å². The smallest absolute Gasteiger partial charge is 0.248 e. The molecule has 3 heterocycles. The van der Waals surface area contributed by atoms with E-state index in [1.807, 2.05) is 20.0 Å². The fourth-order valence-corrected chi connectivity index (χ4v) is 5.53. The summed E-state index contributed by atoms with van der Waals surface area (Å²) in [7, 11) is 0. The third kappa shape index (κ3) is 4.05. The Kier molecular flexibility index (Phi) is 5.11. The molecule has 0 atom stereocenters. The summed E-state index contributed by atoms with van der Waals surface area (Å²) in [6.45, 7) is 4.52. The predicted octanol–water partition coefficient (Wildman–Crippen LogP) is 6.75. The lowest BCUT2D eigenvalue weighted by Crippen LogP contribution is -2.26. The van der Waals surface area contributed by atoms with Crippen LogP contribution in [-0.2, 0) is 12.1 Å². The zero-order valence-corrected chi connectivity index (χ0v) is 20.2. The number of nitrogens with zero attached hydrogens (tertiary/aromatic N) is 3. The van der Waals surface area contributed by atoms with Gasteiger partial charge < -0.3 is 14.8 Å². The van der Waals surface area contributed by atoms with Crippen molar-refractivity contribution in [1.29, 1.82) is 0 Å². The Labute approximate surface area is 203 Å². The number of hydrogen-bond donors (Lipinski definition) is 1. The first-order valence-electron chi connectivity index (χ1n) is 12.4. The molecule has 0 amide bonds. The van der Waals surface area contributed by atoms with Crippen LogP contribution in [0.3, 0.4) is 0 Å². The van der Waals surface area contributed by atoms with E-state index in [-0.39, 0.29) is 24.3 Å². The molecule has 0 saturated heterocycles. The number of benzene rings is 1. The molecule has 1 aromatic carbocycles. The first-order chi connectivity index (χ1) is 16.7. The van der Waals surface area contributed by atoms with Gasteiger partial charge in [0.1, 0.15) is 5.76 Å². The first-order valence-corrected chi connectivity index (χ1v) is 12.4. The zero-order valence-electron chi connectivity index (χ0n) is 20.2. The molecular formula is C28H30F2N4O.